The molecule has 132 valence electrons. The third-order valence-electron chi connectivity index (χ3n) is 3.84. The van der Waals surface area contributed by atoms with Gasteiger partial charge in [-0.25, -0.2) is 9.97 Å². The zero-order chi connectivity index (χ0) is 18.5. The summed E-state index contributed by atoms with van der Waals surface area (Å²) in [7, 11) is 0. The van der Waals surface area contributed by atoms with Gasteiger partial charge in [-0.05, 0) is 38.1 Å². The maximum absolute atomic E-state index is 12.6. The Bertz CT molecular complexity index is 915. The molecule has 1 amide bonds. The molecule has 0 aliphatic heterocycles. The van der Waals surface area contributed by atoms with Crippen LogP contribution in [0.5, 0.6) is 0 Å². The second kappa shape index (κ2) is 7.97. The Morgan fingerprint density at radius 1 is 1.08 bits per heavy atom. The van der Waals surface area contributed by atoms with Gasteiger partial charge in [0.2, 0.25) is 0 Å². The van der Waals surface area contributed by atoms with Gasteiger partial charge in [-0.15, -0.1) is 0 Å². The van der Waals surface area contributed by atoms with Crippen molar-refractivity contribution in [2.24, 2.45) is 0 Å². The molecule has 0 saturated carbocycles. The van der Waals surface area contributed by atoms with E-state index in [2.05, 4.69) is 15.3 Å². The van der Waals surface area contributed by atoms with Gasteiger partial charge >= 0.3 is 0 Å². The molecular formula is C20H19ClN4O. The van der Waals surface area contributed by atoms with Crippen LogP contribution in [0.3, 0.4) is 0 Å². The molecule has 0 radical (unpaired) electrons. The maximum Gasteiger partial charge on any atom is 0.274 e. The van der Waals surface area contributed by atoms with Crippen LogP contribution in [0.4, 0.5) is 17.2 Å². The molecule has 1 aromatic heterocycles. The molecule has 0 aliphatic rings. The lowest BCUT2D eigenvalue weighted by Gasteiger charge is -2.22. The van der Waals surface area contributed by atoms with E-state index in [1.807, 2.05) is 54.3 Å². The first-order valence-corrected chi connectivity index (χ1v) is 8.70. The lowest BCUT2D eigenvalue weighted by atomic mass is 10.2. The minimum Gasteiger partial charge on any atom is -0.327 e. The summed E-state index contributed by atoms with van der Waals surface area (Å²) in [5, 5.41) is 3.28. The first kappa shape index (κ1) is 17.9. The smallest absolute Gasteiger partial charge is 0.274 e. The van der Waals surface area contributed by atoms with Gasteiger partial charge in [0.05, 0.1) is 10.7 Å². The number of aryl methyl sites for hydroxylation is 1. The van der Waals surface area contributed by atoms with E-state index in [0.29, 0.717) is 34.6 Å². The van der Waals surface area contributed by atoms with Crippen LogP contribution >= 0.6 is 11.6 Å². The van der Waals surface area contributed by atoms with Gasteiger partial charge in [-0.3, -0.25) is 4.79 Å². The number of carbonyl (C=O) groups is 1. The number of para-hydroxylation sites is 2. The van der Waals surface area contributed by atoms with Crippen LogP contribution in [0, 0.1) is 6.92 Å². The molecule has 2 aromatic carbocycles. The first-order chi connectivity index (χ1) is 12.6. The van der Waals surface area contributed by atoms with Crippen molar-refractivity contribution in [3.63, 3.8) is 0 Å². The molecule has 0 bridgehead atoms. The first-order valence-electron chi connectivity index (χ1n) is 8.32. The third-order valence-corrected chi connectivity index (χ3v) is 4.17. The van der Waals surface area contributed by atoms with Gasteiger partial charge in [0.15, 0.2) is 0 Å². The summed E-state index contributed by atoms with van der Waals surface area (Å²) in [5.74, 6) is 0.880. The zero-order valence-corrected chi connectivity index (χ0v) is 15.4. The zero-order valence-electron chi connectivity index (χ0n) is 14.6. The molecule has 26 heavy (non-hydrogen) atoms. The molecular weight excluding hydrogens is 348 g/mol. The van der Waals surface area contributed by atoms with Crippen molar-refractivity contribution in [2.75, 3.05) is 16.8 Å². The van der Waals surface area contributed by atoms with Gasteiger partial charge in [-0.2, -0.15) is 0 Å². The minimum absolute atomic E-state index is 0.293. The normalized spacial score (nSPS) is 10.4. The Balaban J connectivity index is 1.92. The third kappa shape index (κ3) is 4.00. The molecule has 0 unspecified atom stereocenters. The number of amides is 1. The molecule has 1 heterocycles. The highest BCUT2D eigenvalue weighted by atomic mass is 35.5. The number of aromatic nitrogens is 2. The average molecular weight is 367 g/mol. The predicted octanol–water partition coefficient (Wildman–Crippen LogP) is 4.85. The highest BCUT2D eigenvalue weighted by Crippen LogP contribution is 2.25. The van der Waals surface area contributed by atoms with Crippen LogP contribution in [0.2, 0.25) is 5.02 Å². The van der Waals surface area contributed by atoms with Crippen molar-refractivity contribution >= 4 is 34.7 Å². The number of benzene rings is 2. The van der Waals surface area contributed by atoms with Crippen molar-refractivity contribution < 1.29 is 4.79 Å². The van der Waals surface area contributed by atoms with E-state index in [4.69, 9.17) is 11.6 Å². The van der Waals surface area contributed by atoms with E-state index in [1.54, 1.807) is 25.1 Å². The van der Waals surface area contributed by atoms with Crippen LogP contribution in [0.15, 0.2) is 60.7 Å². The fourth-order valence-corrected chi connectivity index (χ4v) is 2.82. The predicted molar refractivity (Wildman–Crippen MR) is 105 cm³/mol. The van der Waals surface area contributed by atoms with Crippen LogP contribution in [-0.2, 0) is 0 Å². The lowest BCUT2D eigenvalue weighted by molar-refractivity contribution is 0.102. The maximum atomic E-state index is 12.6. The summed E-state index contributed by atoms with van der Waals surface area (Å²) in [6.07, 6.45) is 0. The number of nitrogens with one attached hydrogen (secondary N) is 1. The van der Waals surface area contributed by atoms with Crippen molar-refractivity contribution in [2.45, 2.75) is 13.8 Å². The van der Waals surface area contributed by atoms with E-state index in [0.717, 1.165) is 5.69 Å². The quantitative estimate of drug-likeness (QED) is 0.701. The molecule has 6 heteroatoms. The minimum atomic E-state index is -0.325. The number of carbonyl (C=O) groups excluding carboxylic acids is 1. The van der Waals surface area contributed by atoms with Crippen LogP contribution in [-0.4, -0.2) is 22.4 Å². The van der Waals surface area contributed by atoms with Gasteiger partial charge in [0.25, 0.3) is 5.91 Å². The second-order valence-electron chi connectivity index (χ2n) is 5.67. The Kier molecular flexibility index (Phi) is 5.49. The summed E-state index contributed by atoms with van der Waals surface area (Å²) < 4.78 is 0. The summed E-state index contributed by atoms with van der Waals surface area (Å²) >= 11 is 6.12. The highest BCUT2D eigenvalue weighted by Gasteiger charge is 2.16. The molecule has 0 spiro atoms. The Hall–Kier alpha value is -2.92. The molecule has 5 nitrogen and oxygen atoms in total. The highest BCUT2D eigenvalue weighted by molar-refractivity contribution is 6.33. The second-order valence-corrected chi connectivity index (χ2v) is 6.08. The molecule has 0 aliphatic carbocycles. The SMILES string of the molecule is CCN(c1ccccc1)c1cc(C(=O)Nc2ccccc2Cl)nc(C)n1. The van der Waals surface area contributed by atoms with Crippen LogP contribution < -0.4 is 10.2 Å². The number of hydrogen-bond donors (Lipinski definition) is 1. The molecule has 0 atom stereocenters. The monoisotopic (exact) mass is 366 g/mol. The van der Waals surface area contributed by atoms with Crippen molar-refractivity contribution in [1.29, 1.82) is 0 Å². The van der Waals surface area contributed by atoms with Gasteiger partial charge < -0.3 is 10.2 Å². The summed E-state index contributed by atoms with van der Waals surface area (Å²) in [6.45, 7) is 4.52. The van der Waals surface area contributed by atoms with E-state index in [9.17, 15) is 4.79 Å². The molecule has 0 fully saturated rings. The average Bonchev–Trinajstić information content (AvgIpc) is 2.65. The molecule has 0 saturated heterocycles. The summed E-state index contributed by atoms with van der Waals surface area (Å²) in [4.78, 5) is 23.4. The van der Waals surface area contributed by atoms with E-state index in [-0.39, 0.29) is 5.91 Å². The molecule has 3 rings (SSSR count). The van der Waals surface area contributed by atoms with E-state index < -0.39 is 0 Å². The van der Waals surface area contributed by atoms with Gasteiger partial charge in [-0.1, -0.05) is 41.9 Å². The van der Waals surface area contributed by atoms with Crippen molar-refractivity contribution in [1.82, 2.24) is 9.97 Å². The van der Waals surface area contributed by atoms with Gasteiger partial charge in [0.1, 0.15) is 17.3 Å². The van der Waals surface area contributed by atoms with E-state index >= 15 is 0 Å². The van der Waals surface area contributed by atoms with Crippen molar-refractivity contribution in [3.8, 4) is 0 Å². The summed E-state index contributed by atoms with van der Waals surface area (Å²) in [5.41, 5.74) is 1.85. The molecule has 3 aromatic rings. The van der Waals surface area contributed by atoms with Crippen LogP contribution in [0.1, 0.15) is 23.2 Å². The standard InChI is InChI=1S/C20H19ClN4O/c1-3-25(15-9-5-4-6-10-15)19-13-18(22-14(2)23-19)20(26)24-17-12-8-7-11-16(17)21/h4-13H,3H2,1-2H3,(H,24,26). The molecule has 1 N–H and O–H groups in total. The number of nitrogens with zero attached hydrogens (tertiary/aromatic N) is 3. The Morgan fingerprint density at radius 2 is 1.77 bits per heavy atom. The Labute approximate surface area is 157 Å². The van der Waals surface area contributed by atoms with Crippen LogP contribution in [0.25, 0.3) is 0 Å². The lowest BCUT2D eigenvalue weighted by Crippen LogP contribution is -2.21. The van der Waals surface area contributed by atoms with Gasteiger partial charge in [0, 0.05) is 18.3 Å². The number of hydrogen-bond acceptors (Lipinski definition) is 4. The van der Waals surface area contributed by atoms with E-state index in [1.165, 1.54) is 0 Å². The largest absolute Gasteiger partial charge is 0.327 e. The topological polar surface area (TPSA) is 58.1 Å². The number of anilines is 3. The summed E-state index contributed by atoms with van der Waals surface area (Å²) in [6, 6.07) is 18.7. The Morgan fingerprint density at radius 3 is 2.46 bits per heavy atom. The fraction of sp³-hybridized carbons (Fsp3) is 0.150. The number of halogens is 1. The number of rotatable bonds is 5. The van der Waals surface area contributed by atoms with Crippen molar-refractivity contribution in [3.05, 3.63) is 77.2 Å². The fourth-order valence-electron chi connectivity index (χ4n) is 2.64.